The molecular weight excluding hydrogens is 386 g/mol. The number of nitrogens with one attached hydrogen (secondary N) is 2. The summed E-state index contributed by atoms with van der Waals surface area (Å²) in [5.41, 5.74) is 0.286. The number of anilines is 1. The van der Waals surface area contributed by atoms with E-state index in [1.807, 2.05) is 31.1 Å². The lowest BCUT2D eigenvalue weighted by molar-refractivity contribution is -0.0464. The number of nitrogens with zero attached hydrogens (tertiary/aromatic N) is 1. The van der Waals surface area contributed by atoms with Crippen molar-refractivity contribution in [1.29, 1.82) is 0 Å². The van der Waals surface area contributed by atoms with Crippen molar-refractivity contribution in [2.45, 2.75) is 17.8 Å². The average molecular weight is 413 g/mol. The van der Waals surface area contributed by atoms with Crippen molar-refractivity contribution < 1.29 is 24.5 Å². The number of amides is 2. The van der Waals surface area contributed by atoms with E-state index >= 15 is 0 Å². The van der Waals surface area contributed by atoms with Crippen LogP contribution in [0.4, 0.5) is 5.69 Å². The Morgan fingerprint density at radius 2 is 1.63 bits per heavy atom. The minimum absolute atomic E-state index is 0.0321. The molecule has 0 radical (unpaired) electrons. The van der Waals surface area contributed by atoms with Gasteiger partial charge in [0.15, 0.2) is 0 Å². The third-order valence-corrected chi connectivity index (χ3v) is 5.15. The Bertz CT molecular complexity index is 872. The standard InChI is InChI=1S/C22H27N3O5/c1-25(2)17-10-8-16(9-11-17)20(27)23-12-18-19(26)22(29,14-30-18)13-24-21(28)15-6-4-3-5-7-15/h3-11,18-19,26,29H,12-14H2,1-2H3,(H,23,27)(H,24,28)/t18-,19-,22+/m1/s1. The van der Waals surface area contributed by atoms with E-state index in [0.717, 1.165) is 5.69 Å². The van der Waals surface area contributed by atoms with Gasteiger partial charge in [-0.1, -0.05) is 18.2 Å². The van der Waals surface area contributed by atoms with E-state index in [9.17, 15) is 19.8 Å². The molecule has 0 spiro atoms. The summed E-state index contributed by atoms with van der Waals surface area (Å²) in [5, 5.41) is 26.5. The SMILES string of the molecule is CN(C)c1ccc(C(=O)NC[C@H]2OC[C@@](O)(CNC(=O)c3ccccc3)[C@@H]2O)cc1. The molecule has 3 rings (SSSR count). The number of hydrogen-bond acceptors (Lipinski definition) is 6. The Morgan fingerprint density at radius 1 is 1.03 bits per heavy atom. The lowest BCUT2D eigenvalue weighted by atomic mass is 9.96. The Morgan fingerprint density at radius 3 is 2.27 bits per heavy atom. The first kappa shape index (κ1) is 21.8. The highest BCUT2D eigenvalue weighted by Crippen LogP contribution is 2.24. The molecule has 1 fully saturated rings. The fourth-order valence-electron chi connectivity index (χ4n) is 3.23. The van der Waals surface area contributed by atoms with E-state index in [-0.39, 0.29) is 31.5 Å². The molecule has 1 aliphatic rings. The van der Waals surface area contributed by atoms with Crippen LogP contribution in [0, 0.1) is 0 Å². The minimum Gasteiger partial charge on any atom is -0.387 e. The molecule has 2 aromatic carbocycles. The second-order valence-corrected chi connectivity index (χ2v) is 7.60. The molecular formula is C22H27N3O5. The zero-order valence-electron chi connectivity index (χ0n) is 17.0. The van der Waals surface area contributed by atoms with Crippen LogP contribution in [-0.2, 0) is 4.74 Å². The molecule has 0 unspecified atom stereocenters. The van der Waals surface area contributed by atoms with Gasteiger partial charge in [0.25, 0.3) is 11.8 Å². The van der Waals surface area contributed by atoms with Gasteiger partial charge in [-0.15, -0.1) is 0 Å². The molecule has 8 heteroatoms. The van der Waals surface area contributed by atoms with E-state index in [2.05, 4.69) is 10.6 Å². The van der Waals surface area contributed by atoms with E-state index in [4.69, 9.17) is 4.74 Å². The molecule has 0 aliphatic carbocycles. The number of aliphatic hydroxyl groups is 2. The maximum Gasteiger partial charge on any atom is 0.251 e. The molecule has 8 nitrogen and oxygen atoms in total. The predicted octanol–water partition coefficient (Wildman–Crippen LogP) is 0.403. The van der Waals surface area contributed by atoms with Crippen LogP contribution in [0.5, 0.6) is 0 Å². The van der Waals surface area contributed by atoms with Crippen LogP contribution in [-0.4, -0.2) is 73.6 Å². The largest absolute Gasteiger partial charge is 0.387 e. The normalized spacial score (nSPS) is 23.1. The molecule has 0 bridgehead atoms. The predicted molar refractivity (Wildman–Crippen MR) is 113 cm³/mol. The quantitative estimate of drug-likeness (QED) is 0.523. The highest BCUT2D eigenvalue weighted by atomic mass is 16.5. The van der Waals surface area contributed by atoms with E-state index in [0.29, 0.717) is 11.1 Å². The summed E-state index contributed by atoms with van der Waals surface area (Å²) in [6.45, 7) is -0.288. The van der Waals surface area contributed by atoms with Gasteiger partial charge in [0.2, 0.25) is 0 Å². The topological polar surface area (TPSA) is 111 Å². The fourth-order valence-corrected chi connectivity index (χ4v) is 3.23. The van der Waals surface area contributed by atoms with Crippen molar-refractivity contribution in [2.24, 2.45) is 0 Å². The number of hydrogen-bond donors (Lipinski definition) is 4. The molecule has 30 heavy (non-hydrogen) atoms. The first-order chi connectivity index (χ1) is 14.3. The molecule has 1 aliphatic heterocycles. The van der Waals surface area contributed by atoms with Gasteiger partial charge in [0.1, 0.15) is 17.8 Å². The van der Waals surface area contributed by atoms with Crippen molar-refractivity contribution in [3.05, 3.63) is 65.7 Å². The molecule has 0 aromatic heterocycles. The number of benzene rings is 2. The lowest BCUT2D eigenvalue weighted by Gasteiger charge is -2.26. The van der Waals surface area contributed by atoms with Gasteiger partial charge in [-0.05, 0) is 36.4 Å². The monoisotopic (exact) mass is 413 g/mol. The lowest BCUT2D eigenvalue weighted by Crippen LogP contribution is -2.53. The van der Waals surface area contributed by atoms with Gasteiger partial charge in [0, 0.05) is 37.5 Å². The average Bonchev–Trinajstić information content (AvgIpc) is 3.05. The fraction of sp³-hybridized carbons (Fsp3) is 0.364. The smallest absolute Gasteiger partial charge is 0.251 e. The molecule has 4 N–H and O–H groups in total. The summed E-state index contributed by atoms with van der Waals surface area (Å²) in [7, 11) is 3.83. The second-order valence-electron chi connectivity index (χ2n) is 7.60. The van der Waals surface area contributed by atoms with Crippen molar-refractivity contribution in [3.63, 3.8) is 0 Å². The van der Waals surface area contributed by atoms with Crippen LogP contribution < -0.4 is 15.5 Å². The van der Waals surface area contributed by atoms with Crippen molar-refractivity contribution in [2.75, 3.05) is 38.7 Å². The first-order valence-corrected chi connectivity index (χ1v) is 9.71. The zero-order valence-corrected chi connectivity index (χ0v) is 17.0. The number of aliphatic hydroxyl groups excluding tert-OH is 1. The highest BCUT2D eigenvalue weighted by molar-refractivity contribution is 5.94. The second kappa shape index (κ2) is 9.25. The summed E-state index contributed by atoms with van der Waals surface area (Å²) < 4.78 is 5.48. The Kier molecular flexibility index (Phi) is 6.71. The van der Waals surface area contributed by atoms with Gasteiger partial charge in [-0.3, -0.25) is 9.59 Å². The van der Waals surface area contributed by atoms with Gasteiger partial charge >= 0.3 is 0 Å². The van der Waals surface area contributed by atoms with Crippen LogP contribution in [0.15, 0.2) is 54.6 Å². The van der Waals surface area contributed by atoms with E-state index in [1.54, 1.807) is 42.5 Å². The van der Waals surface area contributed by atoms with Crippen molar-refractivity contribution in [3.8, 4) is 0 Å². The molecule has 1 saturated heterocycles. The van der Waals surface area contributed by atoms with Crippen molar-refractivity contribution in [1.82, 2.24) is 10.6 Å². The number of ether oxygens (including phenoxy) is 1. The third kappa shape index (κ3) is 4.96. The van der Waals surface area contributed by atoms with Gasteiger partial charge in [0.05, 0.1) is 13.2 Å². The summed E-state index contributed by atoms with van der Waals surface area (Å²) in [5.74, 6) is -0.655. The van der Waals surface area contributed by atoms with Crippen LogP contribution in [0.25, 0.3) is 0 Å². The number of carbonyl (C=O) groups excluding carboxylic acids is 2. The molecule has 0 saturated carbocycles. The van der Waals surface area contributed by atoms with Gasteiger partial charge < -0.3 is 30.5 Å². The summed E-state index contributed by atoms with van der Waals surface area (Å²) in [4.78, 5) is 26.4. The third-order valence-electron chi connectivity index (χ3n) is 5.15. The van der Waals surface area contributed by atoms with E-state index < -0.39 is 17.8 Å². The first-order valence-electron chi connectivity index (χ1n) is 9.71. The molecule has 2 aromatic rings. The highest BCUT2D eigenvalue weighted by Gasteiger charge is 2.48. The van der Waals surface area contributed by atoms with Crippen LogP contribution in [0.1, 0.15) is 20.7 Å². The van der Waals surface area contributed by atoms with E-state index in [1.165, 1.54) is 0 Å². The van der Waals surface area contributed by atoms with Crippen LogP contribution in [0.3, 0.4) is 0 Å². The number of carbonyl (C=O) groups is 2. The number of rotatable bonds is 7. The summed E-state index contributed by atoms with van der Waals surface area (Å²) >= 11 is 0. The molecule has 160 valence electrons. The minimum atomic E-state index is -1.63. The van der Waals surface area contributed by atoms with Crippen molar-refractivity contribution >= 4 is 17.5 Å². The Balaban J connectivity index is 1.51. The summed E-state index contributed by atoms with van der Waals surface area (Å²) in [6.07, 6.45) is -2.04. The molecule has 1 heterocycles. The summed E-state index contributed by atoms with van der Waals surface area (Å²) in [6, 6.07) is 15.7. The van der Waals surface area contributed by atoms with Crippen LogP contribution >= 0.6 is 0 Å². The van der Waals surface area contributed by atoms with Crippen LogP contribution in [0.2, 0.25) is 0 Å². The Hall–Kier alpha value is -2.94. The molecule has 2 amide bonds. The maximum atomic E-state index is 12.3. The maximum absolute atomic E-state index is 12.3. The zero-order chi connectivity index (χ0) is 21.7. The molecule has 3 atom stereocenters. The van der Waals surface area contributed by atoms with Gasteiger partial charge in [-0.2, -0.15) is 0 Å². The Labute approximate surface area is 175 Å². The van der Waals surface area contributed by atoms with Gasteiger partial charge in [-0.25, -0.2) is 0 Å².